The van der Waals surface area contributed by atoms with Crippen LogP contribution in [0.1, 0.15) is 28.9 Å². The maximum Gasteiger partial charge on any atom is 0.387 e. The summed E-state index contributed by atoms with van der Waals surface area (Å²) >= 11 is 0. The van der Waals surface area contributed by atoms with E-state index in [4.69, 9.17) is 0 Å². The lowest BCUT2D eigenvalue weighted by molar-refractivity contribution is -0.120. The molecule has 0 heterocycles. The van der Waals surface area contributed by atoms with Crippen LogP contribution in [0.5, 0.6) is 5.75 Å². The summed E-state index contributed by atoms with van der Waals surface area (Å²) in [5.74, 6) is -0.644. The van der Waals surface area contributed by atoms with Crippen molar-refractivity contribution >= 4 is 11.8 Å². The van der Waals surface area contributed by atoms with Crippen LogP contribution in [0.15, 0.2) is 54.6 Å². The Hall–Kier alpha value is -2.96. The van der Waals surface area contributed by atoms with Crippen molar-refractivity contribution in [2.45, 2.75) is 19.6 Å². The lowest BCUT2D eigenvalue weighted by atomic mass is 10.1. The molecule has 5 nitrogen and oxygen atoms in total. The van der Waals surface area contributed by atoms with Crippen molar-refractivity contribution in [2.24, 2.45) is 0 Å². The first kappa shape index (κ1) is 18.4. The van der Waals surface area contributed by atoms with Gasteiger partial charge in [-0.05, 0) is 36.8 Å². The number of ether oxygens (including phenoxy) is 1. The molecule has 2 amide bonds. The Morgan fingerprint density at radius 3 is 2.28 bits per heavy atom. The molecule has 7 heteroatoms. The maximum absolute atomic E-state index is 12.1. The predicted octanol–water partition coefficient (Wildman–Crippen LogP) is 2.90. The van der Waals surface area contributed by atoms with Crippen molar-refractivity contribution in [3.8, 4) is 5.75 Å². The van der Waals surface area contributed by atoms with Crippen LogP contribution in [-0.4, -0.2) is 25.0 Å². The molecule has 2 rings (SSSR count). The van der Waals surface area contributed by atoms with Gasteiger partial charge >= 0.3 is 6.61 Å². The number of carbonyl (C=O) groups is 2. The van der Waals surface area contributed by atoms with Gasteiger partial charge in [-0.25, -0.2) is 0 Å². The molecule has 0 saturated carbocycles. The Morgan fingerprint density at radius 1 is 1.04 bits per heavy atom. The van der Waals surface area contributed by atoms with Crippen molar-refractivity contribution in [3.05, 3.63) is 65.7 Å². The molecular formula is C18H18F2N2O3. The Bertz CT molecular complexity index is 706. The highest BCUT2D eigenvalue weighted by Gasteiger charge is 2.12. The molecule has 0 fully saturated rings. The van der Waals surface area contributed by atoms with Gasteiger partial charge in [-0.3, -0.25) is 9.59 Å². The molecule has 1 atom stereocenters. The third-order valence-electron chi connectivity index (χ3n) is 3.43. The Kier molecular flexibility index (Phi) is 6.45. The summed E-state index contributed by atoms with van der Waals surface area (Å²) in [6.07, 6.45) is 0. The fraction of sp³-hybridized carbons (Fsp3) is 0.222. The first-order valence-corrected chi connectivity index (χ1v) is 7.63. The smallest absolute Gasteiger partial charge is 0.387 e. The lowest BCUT2D eigenvalue weighted by Crippen LogP contribution is -2.38. The molecule has 132 valence electrons. The minimum absolute atomic E-state index is 0.0485. The highest BCUT2D eigenvalue weighted by atomic mass is 19.3. The Balaban J connectivity index is 1.82. The van der Waals surface area contributed by atoms with Crippen LogP contribution in [0, 0.1) is 0 Å². The van der Waals surface area contributed by atoms with Gasteiger partial charge in [-0.15, -0.1) is 0 Å². The van der Waals surface area contributed by atoms with Gasteiger partial charge in [0.15, 0.2) is 0 Å². The van der Waals surface area contributed by atoms with Gasteiger partial charge in [-0.1, -0.05) is 30.3 Å². The molecule has 0 bridgehead atoms. The van der Waals surface area contributed by atoms with E-state index >= 15 is 0 Å². The number of hydrogen-bond acceptors (Lipinski definition) is 3. The van der Waals surface area contributed by atoms with E-state index in [9.17, 15) is 18.4 Å². The maximum atomic E-state index is 12.1. The molecule has 0 spiro atoms. The SMILES string of the molecule is CC(NC(=O)CNC(=O)c1ccccc1)c1ccc(OC(F)F)cc1. The summed E-state index contributed by atoms with van der Waals surface area (Å²) in [5, 5.41) is 5.25. The van der Waals surface area contributed by atoms with Crippen LogP contribution in [0.4, 0.5) is 8.78 Å². The first-order chi connectivity index (χ1) is 12.0. The fourth-order valence-corrected chi connectivity index (χ4v) is 2.17. The molecule has 0 aromatic heterocycles. The van der Waals surface area contributed by atoms with Crippen molar-refractivity contribution in [1.82, 2.24) is 10.6 Å². The Morgan fingerprint density at radius 2 is 1.68 bits per heavy atom. The third kappa shape index (κ3) is 5.87. The number of hydrogen-bond donors (Lipinski definition) is 2. The van der Waals surface area contributed by atoms with Gasteiger partial charge in [0.1, 0.15) is 5.75 Å². The van der Waals surface area contributed by atoms with Crippen molar-refractivity contribution in [1.29, 1.82) is 0 Å². The molecular weight excluding hydrogens is 330 g/mol. The van der Waals surface area contributed by atoms with Gasteiger partial charge in [0.25, 0.3) is 5.91 Å². The third-order valence-corrected chi connectivity index (χ3v) is 3.43. The zero-order valence-electron chi connectivity index (χ0n) is 13.5. The molecule has 2 N–H and O–H groups in total. The summed E-state index contributed by atoms with van der Waals surface area (Å²) < 4.78 is 28.5. The van der Waals surface area contributed by atoms with E-state index in [1.54, 1.807) is 49.4 Å². The molecule has 1 unspecified atom stereocenters. The van der Waals surface area contributed by atoms with Crippen LogP contribution in [-0.2, 0) is 4.79 Å². The molecule has 0 aliphatic heterocycles. The standard InChI is InChI=1S/C18H18F2N2O3/c1-12(13-7-9-15(10-8-13)25-18(19)20)22-16(23)11-21-17(24)14-5-3-2-4-6-14/h2-10,12,18H,11H2,1H3,(H,21,24)(H,22,23). The number of benzene rings is 2. The van der Waals surface area contributed by atoms with E-state index in [2.05, 4.69) is 15.4 Å². The van der Waals surface area contributed by atoms with Crippen molar-refractivity contribution in [3.63, 3.8) is 0 Å². The highest BCUT2D eigenvalue weighted by molar-refractivity contribution is 5.96. The molecule has 2 aromatic carbocycles. The average Bonchev–Trinajstić information content (AvgIpc) is 2.60. The zero-order chi connectivity index (χ0) is 18.2. The van der Waals surface area contributed by atoms with Crippen LogP contribution in [0.3, 0.4) is 0 Å². The van der Waals surface area contributed by atoms with Gasteiger partial charge in [0.2, 0.25) is 5.91 Å². The van der Waals surface area contributed by atoms with E-state index < -0.39 is 6.61 Å². The summed E-state index contributed by atoms with van der Waals surface area (Å²) in [5.41, 5.74) is 1.20. The second-order valence-electron chi connectivity index (χ2n) is 5.29. The summed E-state index contributed by atoms with van der Waals surface area (Å²) in [6.45, 7) is -1.29. The monoisotopic (exact) mass is 348 g/mol. The van der Waals surface area contributed by atoms with Crippen molar-refractivity contribution < 1.29 is 23.1 Å². The predicted molar refractivity (Wildman–Crippen MR) is 88.4 cm³/mol. The topological polar surface area (TPSA) is 67.4 Å². The quantitative estimate of drug-likeness (QED) is 0.808. The van der Waals surface area contributed by atoms with Crippen LogP contribution < -0.4 is 15.4 Å². The van der Waals surface area contributed by atoms with Crippen LogP contribution in [0.2, 0.25) is 0 Å². The minimum Gasteiger partial charge on any atom is -0.435 e. The highest BCUT2D eigenvalue weighted by Crippen LogP contribution is 2.19. The lowest BCUT2D eigenvalue weighted by Gasteiger charge is -2.15. The number of carbonyl (C=O) groups excluding carboxylic acids is 2. The molecule has 2 aromatic rings. The minimum atomic E-state index is -2.88. The molecule has 0 aliphatic rings. The number of rotatable bonds is 7. The molecule has 0 saturated heterocycles. The number of amides is 2. The summed E-state index contributed by atoms with van der Waals surface area (Å²) in [6, 6.07) is 14.2. The second kappa shape index (κ2) is 8.77. The van der Waals surface area contributed by atoms with Crippen molar-refractivity contribution in [2.75, 3.05) is 6.54 Å². The largest absolute Gasteiger partial charge is 0.435 e. The first-order valence-electron chi connectivity index (χ1n) is 7.63. The van der Waals surface area contributed by atoms with E-state index in [1.807, 2.05) is 0 Å². The van der Waals surface area contributed by atoms with Crippen LogP contribution >= 0.6 is 0 Å². The van der Waals surface area contributed by atoms with E-state index in [0.29, 0.717) is 5.56 Å². The van der Waals surface area contributed by atoms with E-state index in [0.717, 1.165) is 5.56 Å². The second-order valence-corrected chi connectivity index (χ2v) is 5.29. The molecule has 0 aliphatic carbocycles. The number of nitrogens with one attached hydrogen (secondary N) is 2. The molecule has 25 heavy (non-hydrogen) atoms. The van der Waals surface area contributed by atoms with Gasteiger partial charge in [0, 0.05) is 5.56 Å². The summed E-state index contributed by atoms with van der Waals surface area (Å²) in [7, 11) is 0. The normalized spacial score (nSPS) is 11.7. The Labute approximate surface area is 144 Å². The van der Waals surface area contributed by atoms with Crippen LogP contribution in [0.25, 0.3) is 0 Å². The van der Waals surface area contributed by atoms with Gasteiger partial charge in [0.05, 0.1) is 12.6 Å². The molecule has 0 radical (unpaired) electrons. The summed E-state index contributed by atoms with van der Waals surface area (Å²) in [4.78, 5) is 23.8. The average molecular weight is 348 g/mol. The van der Waals surface area contributed by atoms with E-state index in [1.165, 1.54) is 12.1 Å². The van der Waals surface area contributed by atoms with Gasteiger partial charge < -0.3 is 15.4 Å². The van der Waals surface area contributed by atoms with E-state index in [-0.39, 0.29) is 30.2 Å². The number of alkyl halides is 2. The van der Waals surface area contributed by atoms with Gasteiger partial charge in [-0.2, -0.15) is 8.78 Å². The number of halogens is 2. The zero-order valence-corrected chi connectivity index (χ0v) is 13.5. The fourth-order valence-electron chi connectivity index (χ4n) is 2.17.